The van der Waals surface area contributed by atoms with Crippen LogP contribution in [0.2, 0.25) is 0 Å². The van der Waals surface area contributed by atoms with Gasteiger partial charge in [-0.15, -0.1) is 12.4 Å². The zero-order chi connectivity index (χ0) is 14.5. The van der Waals surface area contributed by atoms with Crippen LogP contribution in [-0.4, -0.2) is 29.0 Å². The van der Waals surface area contributed by atoms with Crippen molar-refractivity contribution < 1.29 is 13.3 Å². The van der Waals surface area contributed by atoms with Gasteiger partial charge in [0.2, 0.25) is 0 Å². The summed E-state index contributed by atoms with van der Waals surface area (Å²) in [7, 11) is 1.87. The minimum atomic E-state index is -2.42. The predicted molar refractivity (Wildman–Crippen MR) is 81.1 cm³/mol. The molecule has 1 aromatic heterocycles. The van der Waals surface area contributed by atoms with Crippen molar-refractivity contribution >= 4 is 24.2 Å². The SMILES string of the molecule is CNC(C)Cc1noc(-c2ccc(SC(F)F)cc2)n1.Cl. The number of benzene rings is 1. The molecule has 8 heteroatoms. The Bertz CT molecular complexity index is 551. The van der Waals surface area contributed by atoms with E-state index in [1.807, 2.05) is 14.0 Å². The van der Waals surface area contributed by atoms with E-state index >= 15 is 0 Å². The van der Waals surface area contributed by atoms with Gasteiger partial charge in [0, 0.05) is 22.9 Å². The fourth-order valence-corrected chi connectivity index (χ4v) is 2.11. The third-order valence-corrected chi connectivity index (χ3v) is 3.50. The highest BCUT2D eigenvalue weighted by molar-refractivity contribution is 7.99. The van der Waals surface area contributed by atoms with E-state index in [0.717, 1.165) is 5.56 Å². The van der Waals surface area contributed by atoms with E-state index in [1.165, 1.54) is 0 Å². The smallest absolute Gasteiger partial charge is 0.288 e. The molecule has 1 aromatic carbocycles. The molecule has 0 aliphatic heterocycles. The molecule has 4 nitrogen and oxygen atoms in total. The molecule has 1 atom stereocenters. The number of nitrogens with one attached hydrogen (secondary N) is 1. The number of nitrogens with zero attached hydrogens (tertiary/aromatic N) is 2. The van der Waals surface area contributed by atoms with E-state index in [2.05, 4.69) is 15.5 Å². The maximum absolute atomic E-state index is 12.2. The fourth-order valence-electron chi connectivity index (χ4n) is 1.61. The van der Waals surface area contributed by atoms with Gasteiger partial charge in [-0.1, -0.05) is 16.9 Å². The van der Waals surface area contributed by atoms with Crippen LogP contribution in [0.1, 0.15) is 12.7 Å². The Hall–Kier alpha value is -1.18. The van der Waals surface area contributed by atoms with E-state index < -0.39 is 5.76 Å². The summed E-state index contributed by atoms with van der Waals surface area (Å²) in [5, 5.41) is 6.99. The molecule has 0 radical (unpaired) electrons. The van der Waals surface area contributed by atoms with Crippen LogP contribution in [0.25, 0.3) is 11.5 Å². The summed E-state index contributed by atoms with van der Waals surface area (Å²) in [5.74, 6) is -1.40. The Morgan fingerprint density at radius 2 is 1.95 bits per heavy atom. The van der Waals surface area contributed by atoms with Crippen LogP contribution in [-0.2, 0) is 6.42 Å². The summed E-state index contributed by atoms with van der Waals surface area (Å²) in [6.07, 6.45) is 0.666. The molecule has 1 N–H and O–H groups in total. The quantitative estimate of drug-likeness (QED) is 0.817. The molecule has 0 fully saturated rings. The molecule has 2 rings (SSSR count). The molecule has 0 aliphatic carbocycles. The third kappa shape index (κ3) is 5.26. The van der Waals surface area contributed by atoms with Crippen molar-refractivity contribution in [2.45, 2.75) is 30.0 Å². The minimum Gasteiger partial charge on any atom is -0.334 e. The zero-order valence-corrected chi connectivity index (χ0v) is 13.2. The van der Waals surface area contributed by atoms with Gasteiger partial charge >= 0.3 is 0 Å². The molecular weight excluding hydrogens is 320 g/mol. The van der Waals surface area contributed by atoms with Crippen molar-refractivity contribution in [3.8, 4) is 11.5 Å². The number of aromatic nitrogens is 2. The first-order chi connectivity index (χ1) is 9.58. The van der Waals surface area contributed by atoms with Crippen molar-refractivity contribution in [1.82, 2.24) is 15.5 Å². The average Bonchev–Trinajstić information content (AvgIpc) is 2.87. The highest BCUT2D eigenvalue weighted by Gasteiger charge is 2.12. The second kappa shape index (κ2) is 8.31. The van der Waals surface area contributed by atoms with Gasteiger partial charge in [-0.05, 0) is 38.2 Å². The van der Waals surface area contributed by atoms with Gasteiger partial charge in [0.15, 0.2) is 5.82 Å². The van der Waals surface area contributed by atoms with Crippen molar-refractivity contribution in [3.63, 3.8) is 0 Å². The second-order valence-corrected chi connectivity index (χ2v) is 5.38. The Morgan fingerprint density at radius 3 is 2.52 bits per heavy atom. The zero-order valence-electron chi connectivity index (χ0n) is 11.5. The Balaban J connectivity index is 0.00000220. The van der Waals surface area contributed by atoms with E-state index in [1.54, 1.807) is 24.3 Å². The summed E-state index contributed by atoms with van der Waals surface area (Å²) in [6, 6.07) is 6.89. The van der Waals surface area contributed by atoms with Crippen LogP contribution >= 0.6 is 24.2 Å². The molecule has 0 spiro atoms. The van der Waals surface area contributed by atoms with Gasteiger partial charge in [-0.3, -0.25) is 0 Å². The molecule has 21 heavy (non-hydrogen) atoms. The van der Waals surface area contributed by atoms with Crippen molar-refractivity contribution in [2.24, 2.45) is 0 Å². The van der Waals surface area contributed by atoms with E-state index in [4.69, 9.17) is 4.52 Å². The highest BCUT2D eigenvalue weighted by Crippen LogP contribution is 2.27. The van der Waals surface area contributed by atoms with E-state index in [0.29, 0.717) is 34.8 Å². The average molecular weight is 336 g/mol. The summed E-state index contributed by atoms with van der Waals surface area (Å²) in [4.78, 5) is 4.79. The molecular formula is C13H16ClF2N3OS. The predicted octanol–water partition coefficient (Wildman–Crippen LogP) is 3.62. The fraction of sp³-hybridized carbons (Fsp3) is 0.385. The van der Waals surface area contributed by atoms with E-state index in [9.17, 15) is 8.78 Å². The van der Waals surface area contributed by atoms with Crippen LogP contribution in [0, 0.1) is 0 Å². The van der Waals surface area contributed by atoms with E-state index in [-0.39, 0.29) is 18.4 Å². The first-order valence-corrected chi connectivity index (χ1v) is 7.01. The second-order valence-electron chi connectivity index (χ2n) is 4.31. The van der Waals surface area contributed by atoms with Gasteiger partial charge in [-0.2, -0.15) is 13.8 Å². The topological polar surface area (TPSA) is 51.0 Å². The Labute approximate surface area is 132 Å². The van der Waals surface area contributed by atoms with Crippen molar-refractivity contribution in [2.75, 3.05) is 7.05 Å². The number of likely N-dealkylation sites (N-methyl/N-ethyl adjacent to an activating group) is 1. The summed E-state index contributed by atoms with van der Waals surface area (Å²) in [6.45, 7) is 2.02. The van der Waals surface area contributed by atoms with Gasteiger partial charge in [0.25, 0.3) is 11.6 Å². The third-order valence-electron chi connectivity index (χ3n) is 2.78. The standard InChI is InChI=1S/C13H15F2N3OS.ClH/c1-8(16-2)7-11-17-12(19-18-11)9-3-5-10(6-4-9)20-13(14)15;/h3-6,8,13,16H,7H2,1-2H3;1H. The maximum atomic E-state index is 12.2. The monoisotopic (exact) mass is 335 g/mol. The first-order valence-electron chi connectivity index (χ1n) is 6.13. The molecule has 1 unspecified atom stereocenters. The number of alkyl halides is 2. The lowest BCUT2D eigenvalue weighted by atomic mass is 10.2. The molecule has 1 heterocycles. The molecule has 2 aromatic rings. The molecule has 0 aliphatic rings. The number of halogens is 3. The van der Waals surface area contributed by atoms with Crippen LogP contribution in [0.3, 0.4) is 0 Å². The van der Waals surface area contributed by atoms with Crippen LogP contribution in [0.4, 0.5) is 8.78 Å². The van der Waals surface area contributed by atoms with Gasteiger partial charge in [0.1, 0.15) is 0 Å². The molecule has 0 saturated carbocycles. The van der Waals surface area contributed by atoms with Crippen molar-refractivity contribution in [1.29, 1.82) is 0 Å². The Kier molecular flexibility index (Phi) is 7.07. The summed E-state index contributed by atoms with van der Waals surface area (Å²) >= 11 is 0.511. The number of rotatable bonds is 6. The highest BCUT2D eigenvalue weighted by atomic mass is 35.5. The molecule has 0 bridgehead atoms. The van der Waals surface area contributed by atoms with Crippen LogP contribution < -0.4 is 5.32 Å². The lowest BCUT2D eigenvalue weighted by Crippen LogP contribution is -2.24. The lowest BCUT2D eigenvalue weighted by molar-refractivity contribution is 0.252. The number of hydrogen-bond acceptors (Lipinski definition) is 5. The van der Waals surface area contributed by atoms with Gasteiger partial charge < -0.3 is 9.84 Å². The van der Waals surface area contributed by atoms with Gasteiger partial charge in [-0.25, -0.2) is 0 Å². The maximum Gasteiger partial charge on any atom is 0.288 e. The molecule has 116 valence electrons. The summed E-state index contributed by atoms with van der Waals surface area (Å²) < 4.78 is 29.6. The molecule has 0 amide bonds. The number of hydrogen-bond donors (Lipinski definition) is 1. The normalized spacial score (nSPS) is 12.2. The number of thioether (sulfide) groups is 1. The lowest BCUT2D eigenvalue weighted by Gasteiger charge is -2.04. The van der Waals surface area contributed by atoms with Gasteiger partial charge in [0.05, 0.1) is 0 Å². The van der Waals surface area contributed by atoms with Crippen molar-refractivity contribution in [3.05, 3.63) is 30.1 Å². The van der Waals surface area contributed by atoms with Crippen LogP contribution in [0.5, 0.6) is 0 Å². The Morgan fingerprint density at radius 1 is 1.29 bits per heavy atom. The minimum absolute atomic E-state index is 0. The first kappa shape index (κ1) is 17.9. The summed E-state index contributed by atoms with van der Waals surface area (Å²) in [5.41, 5.74) is 0.722. The van der Waals surface area contributed by atoms with Crippen LogP contribution in [0.15, 0.2) is 33.7 Å². The molecule has 0 saturated heterocycles. The largest absolute Gasteiger partial charge is 0.334 e.